The second-order valence-electron chi connectivity index (χ2n) is 20.5. The largest absolute Gasteiger partial charge is 0.465 e. The molecule has 0 aliphatic carbocycles. The van der Waals surface area contributed by atoms with Gasteiger partial charge in [-0.3, -0.25) is 24.6 Å². The van der Waals surface area contributed by atoms with Crippen molar-refractivity contribution in [3.63, 3.8) is 0 Å². The number of pyridine rings is 1. The van der Waals surface area contributed by atoms with Gasteiger partial charge in [0.15, 0.2) is 0 Å². The third kappa shape index (κ3) is 12.6. The molecule has 2 aromatic carbocycles. The van der Waals surface area contributed by atoms with E-state index in [0.29, 0.717) is 67.5 Å². The number of piperazine rings is 1. The molecule has 7 rings (SSSR count). The van der Waals surface area contributed by atoms with E-state index < -0.39 is 108 Å². The number of ether oxygens (including phenoxy) is 2. The van der Waals surface area contributed by atoms with Gasteiger partial charge in [-0.2, -0.15) is 31.4 Å². The molecular weight excluding hydrogens is 1020 g/mol. The molecule has 18 nitrogen and oxygen atoms in total. The van der Waals surface area contributed by atoms with E-state index in [9.17, 15) is 55.7 Å². The molecule has 0 saturated carbocycles. The number of fused-ring (bicyclic) bond motifs is 2. The Morgan fingerprint density at radius 1 is 0.803 bits per heavy atom. The lowest BCUT2D eigenvalue weighted by Crippen LogP contribution is -2.63. The van der Waals surface area contributed by atoms with E-state index in [1.165, 1.54) is 22.3 Å². The number of aliphatic hydroxyl groups excluding tert-OH is 1. The van der Waals surface area contributed by atoms with Crippen LogP contribution in [0.25, 0.3) is 22.4 Å². The van der Waals surface area contributed by atoms with E-state index in [1.807, 2.05) is 22.9 Å². The lowest BCUT2D eigenvalue weighted by Gasteiger charge is -2.48. The first kappa shape index (κ1) is 57.1. The Labute approximate surface area is 432 Å². The third-order valence-electron chi connectivity index (χ3n) is 14.5. The number of methoxy groups -OCH3 is 1. The Hall–Kier alpha value is -6.64. The van der Waals surface area contributed by atoms with E-state index in [2.05, 4.69) is 25.0 Å². The fourth-order valence-corrected chi connectivity index (χ4v) is 9.65. The summed E-state index contributed by atoms with van der Waals surface area (Å²) in [7, 11) is 2.39. The number of rotatable bonds is 19. The van der Waals surface area contributed by atoms with Crippen molar-refractivity contribution in [2.24, 2.45) is 17.9 Å². The Balaban J connectivity index is 1.19. The first-order valence-electron chi connectivity index (χ1n) is 24.2. The maximum Gasteiger partial charge on any atom is 0.407 e. The number of nitrogens with zero attached hydrogens (tertiary/aromatic N) is 6. The van der Waals surface area contributed by atoms with Crippen molar-refractivity contribution in [3.8, 4) is 22.4 Å². The van der Waals surface area contributed by atoms with E-state index in [4.69, 9.17) is 9.72 Å². The molecule has 5 heterocycles. The van der Waals surface area contributed by atoms with E-state index in [0.717, 1.165) is 64.2 Å². The standard InChI is InChI=1S/C50H60F8N10O8/c1-47(2,49(53,54)55)41(62-46(74)75-6)43(70)60-38(17-27-7-9-28(10-8-27)29-11-14-40(59-20-29)66-21-31-12-13-32(22-66)68(31)33-25-76-26-33)39(69)24-67(64-44(71)42(61-45(72)73)48(3,4)50(56,57)58)23-34-35(51)18-30(19-36(34)52)37-15-16-65(5)63-37/h7-11,14-16,18-20,31-33,38-39,41-42,61,69H,12-13,17,21-26H2,1-6H3,(H,60,70)(H,62,74)(H,64,71)(H,72,73). The molecule has 414 valence electrons. The fraction of sp³-hybridized carbons (Fsp3) is 0.520. The van der Waals surface area contributed by atoms with Crippen LogP contribution < -0.4 is 26.3 Å². The summed E-state index contributed by atoms with van der Waals surface area (Å²) in [5.41, 5.74) is -3.08. The minimum absolute atomic E-state index is 0.0392. The van der Waals surface area contributed by atoms with Gasteiger partial charge in [-0.25, -0.2) is 28.4 Å². The fourth-order valence-electron chi connectivity index (χ4n) is 9.65. The Kier molecular flexibility index (Phi) is 16.9. The lowest BCUT2D eigenvalue weighted by atomic mass is 9.82. The van der Waals surface area contributed by atoms with Crippen molar-refractivity contribution in [2.45, 2.75) is 108 Å². The van der Waals surface area contributed by atoms with Crippen molar-refractivity contribution < 1.29 is 74.0 Å². The molecule has 6 N–H and O–H groups in total. The molecule has 3 aliphatic heterocycles. The zero-order chi connectivity index (χ0) is 55.7. The van der Waals surface area contributed by atoms with Crippen molar-refractivity contribution in [2.75, 3.05) is 44.9 Å². The van der Waals surface area contributed by atoms with Gasteiger partial charge in [0.2, 0.25) is 5.91 Å². The molecular formula is C50H60F8N10O8. The van der Waals surface area contributed by atoms with Crippen molar-refractivity contribution in [3.05, 3.63) is 89.8 Å². The number of amides is 4. The summed E-state index contributed by atoms with van der Waals surface area (Å²) < 4.78 is 130. The summed E-state index contributed by atoms with van der Waals surface area (Å²) in [6, 6.07) is 7.99. The first-order chi connectivity index (χ1) is 35.6. The normalized spacial score (nSPS) is 19.1. The van der Waals surface area contributed by atoms with Gasteiger partial charge in [-0.15, -0.1) is 0 Å². The summed E-state index contributed by atoms with van der Waals surface area (Å²) in [5, 5.41) is 32.0. The average molecular weight is 1080 g/mol. The summed E-state index contributed by atoms with van der Waals surface area (Å²) in [6.07, 6.45) is -11.0. The van der Waals surface area contributed by atoms with Gasteiger partial charge >= 0.3 is 24.5 Å². The number of carbonyl (C=O) groups is 4. The number of halogens is 8. The highest BCUT2D eigenvalue weighted by Gasteiger charge is 2.57. The average Bonchev–Trinajstić information content (AvgIpc) is 3.86. The molecule has 2 aromatic heterocycles. The predicted octanol–water partition coefficient (Wildman–Crippen LogP) is 5.94. The Morgan fingerprint density at radius 2 is 1.38 bits per heavy atom. The highest BCUT2D eigenvalue weighted by atomic mass is 19.4. The summed E-state index contributed by atoms with van der Waals surface area (Å²) >= 11 is 0. The minimum Gasteiger partial charge on any atom is -0.465 e. The SMILES string of the molecule is COC(=O)NC(C(=O)NC(Cc1ccc(-c2ccc(N3CC4CCC(C3)N4C3COC3)nc2)cc1)C(O)CN(Cc1c(F)cc(-c2ccn(C)n2)cc1F)NC(=O)C(NC(=O)O)C(C)(C)C(F)(F)F)C(C)(C)C(F)(F)F. The predicted molar refractivity (Wildman–Crippen MR) is 258 cm³/mol. The number of aromatic nitrogens is 3. The molecule has 3 saturated heterocycles. The molecule has 0 spiro atoms. The zero-order valence-electron chi connectivity index (χ0n) is 42.3. The molecule has 3 fully saturated rings. The van der Waals surface area contributed by atoms with Gasteiger partial charge in [0.25, 0.3) is 5.91 Å². The van der Waals surface area contributed by atoms with Gasteiger partial charge < -0.3 is 40.5 Å². The molecule has 6 unspecified atom stereocenters. The first-order valence-corrected chi connectivity index (χ1v) is 24.2. The smallest absolute Gasteiger partial charge is 0.407 e. The highest BCUT2D eigenvalue weighted by Crippen LogP contribution is 2.42. The minimum atomic E-state index is -5.23. The van der Waals surface area contributed by atoms with Crippen LogP contribution in [0.1, 0.15) is 51.7 Å². The highest BCUT2D eigenvalue weighted by molar-refractivity contribution is 5.87. The Bertz CT molecular complexity index is 2680. The number of benzene rings is 2. The van der Waals surface area contributed by atoms with E-state index in [-0.39, 0.29) is 11.3 Å². The number of alkyl halides is 6. The van der Waals surface area contributed by atoms with Gasteiger partial charge in [-0.1, -0.05) is 24.3 Å². The summed E-state index contributed by atoms with van der Waals surface area (Å²) in [5.74, 6) is -4.91. The van der Waals surface area contributed by atoms with Gasteiger partial charge in [0.1, 0.15) is 29.5 Å². The molecule has 6 atom stereocenters. The van der Waals surface area contributed by atoms with Crippen LogP contribution in [0.4, 0.5) is 50.5 Å². The number of anilines is 1. The number of nitrogens with one attached hydrogen (secondary N) is 4. The van der Waals surface area contributed by atoms with Crippen molar-refractivity contribution >= 4 is 29.8 Å². The molecule has 3 aliphatic rings. The number of hydrogen-bond donors (Lipinski definition) is 6. The maximum absolute atomic E-state index is 16.0. The Morgan fingerprint density at radius 3 is 1.87 bits per heavy atom. The number of aliphatic hydroxyl groups is 1. The number of carboxylic acid groups (broad SMARTS) is 1. The van der Waals surface area contributed by atoms with Crippen LogP contribution >= 0.6 is 0 Å². The van der Waals surface area contributed by atoms with Gasteiger partial charge in [0.05, 0.1) is 55.0 Å². The number of hydrogen-bond acceptors (Lipinski definition) is 12. The van der Waals surface area contributed by atoms with Gasteiger partial charge in [-0.05, 0) is 88.4 Å². The van der Waals surface area contributed by atoms with Crippen LogP contribution in [0.5, 0.6) is 0 Å². The van der Waals surface area contributed by atoms with Crippen LogP contribution in [0, 0.1) is 22.5 Å². The summed E-state index contributed by atoms with van der Waals surface area (Å²) in [4.78, 5) is 61.7. The molecule has 76 heavy (non-hydrogen) atoms. The molecule has 2 bridgehead atoms. The number of aryl methyl sites for hydroxylation is 1. The number of carbonyl (C=O) groups excluding carboxylic acids is 3. The molecule has 0 radical (unpaired) electrons. The second-order valence-corrected chi connectivity index (χ2v) is 20.5. The molecule has 4 aromatic rings. The third-order valence-corrected chi connectivity index (χ3v) is 14.5. The van der Waals surface area contributed by atoms with Crippen LogP contribution in [0.2, 0.25) is 0 Å². The number of hydrazine groups is 1. The van der Waals surface area contributed by atoms with E-state index in [1.54, 1.807) is 37.5 Å². The molecule has 4 amide bonds. The lowest BCUT2D eigenvalue weighted by molar-refractivity contribution is -0.221. The monoisotopic (exact) mass is 1080 g/mol. The van der Waals surface area contributed by atoms with Crippen LogP contribution in [-0.2, 0) is 39.1 Å². The van der Waals surface area contributed by atoms with Gasteiger partial charge in [0, 0.05) is 74.4 Å². The van der Waals surface area contributed by atoms with E-state index >= 15 is 8.78 Å². The number of alkyl carbamates (subject to hydrolysis) is 1. The van der Waals surface area contributed by atoms with Crippen LogP contribution in [0.15, 0.2) is 67.0 Å². The van der Waals surface area contributed by atoms with Crippen LogP contribution in [0.3, 0.4) is 0 Å². The topological polar surface area (TPSA) is 216 Å². The quantitative estimate of drug-likeness (QED) is 0.0475. The van der Waals surface area contributed by atoms with Crippen molar-refractivity contribution in [1.82, 2.24) is 46.0 Å². The second kappa shape index (κ2) is 22.5. The summed E-state index contributed by atoms with van der Waals surface area (Å²) in [6.45, 7) is 3.29. The zero-order valence-corrected chi connectivity index (χ0v) is 42.3. The van der Waals surface area contributed by atoms with Crippen LogP contribution in [-0.4, -0.2) is 154 Å². The molecule has 26 heteroatoms. The van der Waals surface area contributed by atoms with Crippen molar-refractivity contribution in [1.29, 1.82) is 0 Å². The maximum atomic E-state index is 16.0.